The van der Waals surface area contributed by atoms with Gasteiger partial charge in [-0.25, -0.2) is 9.59 Å². The van der Waals surface area contributed by atoms with E-state index in [1.54, 1.807) is 0 Å². The van der Waals surface area contributed by atoms with Gasteiger partial charge in [-0.2, -0.15) is 0 Å². The number of nitro groups is 1. The molecule has 2 aromatic rings. The Labute approximate surface area is 128 Å². The van der Waals surface area contributed by atoms with E-state index in [9.17, 15) is 24.5 Å². The van der Waals surface area contributed by atoms with E-state index in [2.05, 4.69) is 0 Å². The Balaban J connectivity index is 2.57. The summed E-state index contributed by atoms with van der Waals surface area (Å²) >= 11 is 0. The van der Waals surface area contributed by atoms with Crippen molar-refractivity contribution >= 4 is 23.4 Å². The molecule has 0 radical (unpaired) electrons. The number of carbonyl (C=O) groups is 3. The molecule has 0 atom stereocenters. The Kier molecular flexibility index (Phi) is 4.17. The van der Waals surface area contributed by atoms with Gasteiger partial charge in [0.05, 0.1) is 10.5 Å². The van der Waals surface area contributed by atoms with E-state index in [0.29, 0.717) is 0 Å². The first-order valence-electron chi connectivity index (χ1n) is 6.21. The average Bonchev–Trinajstić information content (AvgIpc) is 2.53. The van der Waals surface area contributed by atoms with Gasteiger partial charge in [0, 0.05) is 17.2 Å². The van der Waals surface area contributed by atoms with Gasteiger partial charge < -0.3 is 10.2 Å². The largest absolute Gasteiger partial charge is 0.478 e. The quantitative estimate of drug-likeness (QED) is 0.490. The van der Waals surface area contributed by atoms with Crippen molar-refractivity contribution in [1.29, 1.82) is 0 Å². The summed E-state index contributed by atoms with van der Waals surface area (Å²) in [6.45, 7) is 0. The number of hydrogen-bond donors (Lipinski definition) is 2. The summed E-state index contributed by atoms with van der Waals surface area (Å²) in [7, 11) is 0. The van der Waals surface area contributed by atoms with Crippen LogP contribution in [0.15, 0.2) is 42.5 Å². The SMILES string of the molecule is O=C(O)c1ccccc1C(=O)c1ccc(C(=O)O)c([N+](=O)[O-])c1. The molecule has 0 aliphatic rings. The fourth-order valence-electron chi connectivity index (χ4n) is 2.03. The van der Waals surface area contributed by atoms with Crippen molar-refractivity contribution in [3.05, 3.63) is 74.8 Å². The first kappa shape index (κ1) is 15.8. The molecule has 0 aliphatic carbocycles. The molecule has 0 saturated carbocycles. The number of carbonyl (C=O) groups excluding carboxylic acids is 1. The first-order chi connectivity index (χ1) is 10.8. The molecule has 0 fully saturated rings. The summed E-state index contributed by atoms with van der Waals surface area (Å²) < 4.78 is 0. The molecule has 0 heterocycles. The lowest BCUT2D eigenvalue weighted by molar-refractivity contribution is -0.385. The van der Waals surface area contributed by atoms with E-state index in [1.807, 2.05) is 0 Å². The maximum atomic E-state index is 12.4. The van der Waals surface area contributed by atoms with Crippen molar-refractivity contribution in [2.75, 3.05) is 0 Å². The molecule has 2 aromatic carbocycles. The van der Waals surface area contributed by atoms with E-state index in [0.717, 1.165) is 18.2 Å². The number of ketones is 1. The highest BCUT2D eigenvalue weighted by molar-refractivity contribution is 6.14. The molecule has 0 aliphatic heterocycles. The summed E-state index contributed by atoms with van der Waals surface area (Å²) in [4.78, 5) is 44.5. The summed E-state index contributed by atoms with van der Waals surface area (Å²) in [5, 5.41) is 28.9. The number of nitro benzene ring substituents is 1. The molecule has 0 spiro atoms. The van der Waals surface area contributed by atoms with Gasteiger partial charge in [0.1, 0.15) is 5.56 Å². The lowest BCUT2D eigenvalue weighted by atomic mass is 9.97. The second-order valence-electron chi connectivity index (χ2n) is 4.47. The Bertz CT molecular complexity index is 841. The lowest BCUT2D eigenvalue weighted by Gasteiger charge is -2.06. The maximum Gasteiger partial charge on any atom is 0.342 e. The molecule has 0 bridgehead atoms. The number of rotatable bonds is 5. The number of aromatic carboxylic acids is 2. The number of hydrogen-bond acceptors (Lipinski definition) is 5. The minimum Gasteiger partial charge on any atom is -0.478 e. The van der Waals surface area contributed by atoms with E-state index < -0.39 is 33.9 Å². The third-order valence-corrected chi connectivity index (χ3v) is 3.09. The fraction of sp³-hybridized carbons (Fsp3) is 0. The van der Waals surface area contributed by atoms with Crippen molar-refractivity contribution in [2.24, 2.45) is 0 Å². The van der Waals surface area contributed by atoms with E-state index in [1.165, 1.54) is 24.3 Å². The van der Waals surface area contributed by atoms with Gasteiger partial charge >= 0.3 is 11.9 Å². The molecule has 0 aromatic heterocycles. The molecular formula is C15H9NO7. The van der Waals surface area contributed by atoms with Gasteiger partial charge in [-0.3, -0.25) is 14.9 Å². The van der Waals surface area contributed by atoms with Crippen LogP contribution in [0.2, 0.25) is 0 Å². The molecule has 0 saturated heterocycles. The first-order valence-corrected chi connectivity index (χ1v) is 6.21. The zero-order valence-electron chi connectivity index (χ0n) is 11.4. The van der Waals surface area contributed by atoms with E-state index >= 15 is 0 Å². The van der Waals surface area contributed by atoms with E-state index in [-0.39, 0.29) is 16.7 Å². The standard InChI is InChI=1S/C15H9NO7/c17-13(9-3-1-2-4-10(9)14(18)19)8-5-6-11(15(20)21)12(7-8)16(22)23/h1-7H,(H,18,19)(H,20,21). The fourth-order valence-corrected chi connectivity index (χ4v) is 2.03. The molecular weight excluding hydrogens is 306 g/mol. The Morgan fingerprint density at radius 1 is 0.870 bits per heavy atom. The lowest BCUT2D eigenvalue weighted by Crippen LogP contribution is -2.11. The zero-order chi connectivity index (χ0) is 17.1. The van der Waals surface area contributed by atoms with Crippen molar-refractivity contribution < 1.29 is 29.5 Å². The minimum absolute atomic E-state index is 0.141. The topological polar surface area (TPSA) is 135 Å². The molecule has 8 heteroatoms. The van der Waals surface area contributed by atoms with Gasteiger partial charge in [-0.05, 0) is 18.2 Å². The van der Waals surface area contributed by atoms with Gasteiger partial charge in [-0.1, -0.05) is 18.2 Å². The minimum atomic E-state index is -1.50. The predicted molar refractivity (Wildman–Crippen MR) is 76.9 cm³/mol. The Morgan fingerprint density at radius 2 is 1.43 bits per heavy atom. The van der Waals surface area contributed by atoms with Crippen LogP contribution < -0.4 is 0 Å². The van der Waals surface area contributed by atoms with Crippen molar-refractivity contribution in [1.82, 2.24) is 0 Å². The summed E-state index contributed by atoms with van der Waals surface area (Å²) in [5.74, 6) is -3.56. The molecule has 0 amide bonds. The van der Waals surface area contributed by atoms with Crippen LogP contribution in [0.25, 0.3) is 0 Å². The van der Waals surface area contributed by atoms with Crippen LogP contribution in [0.3, 0.4) is 0 Å². The van der Waals surface area contributed by atoms with Crippen LogP contribution in [0.1, 0.15) is 36.6 Å². The molecule has 2 N–H and O–H groups in total. The highest BCUT2D eigenvalue weighted by Gasteiger charge is 2.24. The van der Waals surface area contributed by atoms with Gasteiger partial charge in [0.25, 0.3) is 5.69 Å². The highest BCUT2D eigenvalue weighted by atomic mass is 16.6. The van der Waals surface area contributed by atoms with E-state index in [4.69, 9.17) is 10.2 Å². The van der Waals surface area contributed by atoms with Crippen LogP contribution in [0.5, 0.6) is 0 Å². The zero-order valence-corrected chi connectivity index (χ0v) is 11.4. The number of carboxylic acids is 2. The smallest absolute Gasteiger partial charge is 0.342 e. The maximum absolute atomic E-state index is 12.4. The normalized spacial score (nSPS) is 10.1. The van der Waals surface area contributed by atoms with Gasteiger partial charge in [0.15, 0.2) is 5.78 Å². The van der Waals surface area contributed by atoms with Crippen molar-refractivity contribution in [3.63, 3.8) is 0 Å². The number of nitrogens with zero attached hydrogens (tertiary/aromatic N) is 1. The average molecular weight is 315 g/mol. The molecule has 8 nitrogen and oxygen atoms in total. The third-order valence-electron chi connectivity index (χ3n) is 3.09. The van der Waals surface area contributed by atoms with Crippen LogP contribution in [-0.2, 0) is 0 Å². The molecule has 2 rings (SSSR count). The monoisotopic (exact) mass is 315 g/mol. The summed E-state index contributed by atoms with van der Waals surface area (Å²) in [5.41, 5.74) is -1.86. The second-order valence-corrected chi connectivity index (χ2v) is 4.47. The van der Waals surface area contributed by atoms with Crippen LogP contribution in [-0.4, -0.2) is 32.9 Å². The highest BCUT2D eigenvalue weighted by Crippen LogP contribution is 2.23. The van der Waals surface area contributed by atoms with Crippen molar-refractivity contribution in [3.8, 4) is 0 Å². The Morgan fingerprint density at radius 3 is 1.96 bits per heavy atom. The van der Waals surface area contributed by atoms with Gasteiger partial charge in [0.2, 0.25) is 0 Å². The summed E-state index contributed by atoms with van der Waals surface area (Å²) in [6.07, 6.45) is 0. The number of carboxylic acid groups (broad SMARTS) is 2. The van der Waals surface area contributed by atoms with Crippen LogP contribution in [0, 0.1) is 10.1 Å². The third kappa shape index (κ3) is 3.05. The van der Waals surface area contributed by atoms with Gasteiger partial charge in [-0.15, -0.1) is 0 Å². The van der Waals surface area contributed by atoms with Crippen LogP contribution in [0.4, 0.5) is 5.69 Å². The molecule has 0 unspecified atom stereocenters. The second kappa shape index (κ2) is 6.06. The Hall–Kier alpha value is -3.55. The van der Waals surface area contributed by atoms with Crippen molar-refractivity contribution in [2.45, 2.75) is 0 Å². The summed E-state index contributed by atoms with van der Waals surface area (Å²) in [6, 6.07) is 8.28. The molecule has 23 heavy (non-hydrogen) atoms. The number of benzene rings is 2. The molecule has 116 valence electrons. The predicted octanol–water partition coefficient (Wildman–Crippen LogP) is 2.22. The van der Waals surface area contributed by atoms with Crippen LogP contribution >= 0.6 is 0 Å².